The number of hydrogen-bond acceptors (Lipinski definition) is 6. The van der Waals surface area contributed by atoms with E-state index in [1.165, 1.54) is 13.3 Å². The van der Waals surface area contributed by atoms with Crippen molar-refractivity contribution >= 4 is 33.6 Å². The lowest BCUT2D eigenvalue weighted by molar-refractivity contribution is -0.118. The van der Waals surface area contributed by atoms with Crippen LogP contribution in [0.1, 0.15) is 28.3 Å². The second-order valence-electron chi connectivity index (χ2n) is 7.10. The Bertz CT molecular complexity index is 1090. The SMILES string of the molecule is COc1ccc(N2C(=O)c3ccccc3[C@@H](C=N[C@H]3CCS(=O)(=O)C3)C2=O)cc1. The van der Waals surface area contributed by atoms with E-state index in [1.54, 1.807) is 48.5 Å². The summed E-state index contributed by atoms with van der Waals surface area (Å²) in [7, 11) is -1.53. The number of sulfone groups is 1. The number of carbonyl (C=O) groups is 2. The van der Waals surface area contributed by atoms with Crippen LogP contribution in [0.4, 0.5) is 5.69 Å². The Labute approximate surface area is 168 Å². The average molecular weight is 412 g/mol. The Morgan fingerprint density at radius 1 is 1.10 bits per heavy atom. The van der Waals surface area contributed by atoms with Gasteiger partial charge in [-0.2, -0.15) is 0 Å². The molecule has 7 nitrogen and oxygen atoms in total. The van der Waals surface area contributed by atoms with Gasteiger partial charge >= 0.3 is 0 Å². The van der Waals surface area contributed by atoms with Gasteiger partial charge < -0.3 is 4.74 Å². The summed E-state index contributed by atoms with van der Waals surface area (Å²) in [5.74, 6) is -0.846. The summed E-state index contributed by atoms with van der Waals surface area (Å²) in [6.45, 7) is 0. The summed E-state index contributed by atoms with van der Waals surface area (Å²) < 4.78 is 28.5. The molecule has 0 bridgehead atoms. The Kier molecular flexibility index (Phi) is 4.96. The topological polar surface area (TPSA) is 93.1 Å². The number of imide groups is 1. The van der Waals surface area contributed by atoms with Crippen LogP contribution in [0.3, 0.4) is 0 Å². The second-order valence-corrected chi connectivity index (χ2v) is 9.33. The molecule has 1 saturated heterocycles. The number of carbonyl (C=O) groups excluding carboxylic acids is 2. The zero-order valence-corrected chi connectivity index (χ0v) is 16.6. The van der Waals surface area contributed by atoms with Crippen molar-refractivity contribution in [1.82, 2.24) is 0 Å². The van der Waals surface area contributed by atoms with Crippen LogP contribution in [0.5, 0.6) is 5.75 Å². The van der Waals surface area contributed by atoms with Gasteiger partial charge in [0.15, 0.2) is 9.84 Å². The van der Waals surface area contributed by atoms with Gasteiger partial charge in [-0.3, -0.25) is 14.6 Å². The molecule has 0 spiro atoms. The fourth-order valence-corrected chi connectivity index (χ4v) is 5.31. The molecule has 150 valence electrons. The number of methoxy groups -OCH3 is 1. The van der Waals surface area contributed by atoms with Crippen LogP contribution in [0.2, 0.25) is 0 Å². The molecule has 2 amide bonds. The van der Waals surface area contributed by atoms with E-state index < -0.39 is 27.6 Å². The van der Waals surface area contributed by atoms with Crippen LogP contribution in [0, 0.1) is 0 Å². The van der Waals surface area contributed by atoms with E-state index in [-0.39, 0.29) is 17.5 Å². The lowest BCUT2D eigenvalue weighted by Crippen LogP contribution is -2.45. The Morgan fingerprint density at radius 3 is 2.48 bits per heavy atom. The first-order chi connectivity index (χ1) is 13.9. The molecular formula is C21H20N2O5S. The maximum atomic E-state index is 13.3. The molecule has 2 aromatic rings. The molecule has 8 heteroatoms. The Hall–Kier alpha value is -3.00. The van der Waals surface area contributed by atoms with Crippen molar-refractivity contribution in [2.45, 2.75) is 18.4 Å². The van der Waals surface area contributed by atoms with Gasteiger partial charge in [0.1, 0.15) is 5.75 Å². The van der Waals surface area contributed by atoms with Crippen molar-refractivity contribution < 1.29 is 22.7 Å². The molecule has 0 saturated carbocycles. The van der Waals surface area contributed by atoms with Gasteiger partial charge in [-0.1, -0.05) is 18.2 Å². The number of fused-ring (bicyclic) bond motifs is 1. The van der Waals surface area contributed by atoms with E-state index in [9.17, 15) is 18.0 Å². The van der Waals surface area contributed by atoms with E-state index >= 15 is 0 Å². The van der Waals surface area contributed by atoms with Crippen LogP contribution in [0.25, 0.3) is 0 Å². The molecule has 2 heterocycles. The number of anilines is 1. The largest absolute Gasteiger partial charge is 0.497 e. The van der Waals surface area contributed by atoms with Crippen molar-refractivity contribution in [2.75, 3.05) is 23.5 Å². The van der Waals surface area contributed by atoms with Crippen molar-refractivity contribution in [3.63, 3.8) is 0 Å². The molecule has 0 N–H and O–H groups in total. The second kappa shape index (κ2) is 7.44. The number of hydrogen-bond donors (Lipinski definition) is 0. The molecule has 2 aliphatic rings. The summed E-state index contributed by atoms with van der Waals surface area (Å²) >= 11 is 0. The zero-order chi connectivity index (χ0) is 20.6. The maximum Gasteiger partial charge on any atom is 0.265 e. The molecule has 2 aliphatic heterocycles. The molecule has 1 fully saturated rings. The highest BCUT2D eigenvalue weighted by Gasteiger charge is 2.39. The predicted molar refractivity (Wildman–Crippen MR) is 110 cm³/mol. The predicted octanol–water partition coefficient (Wildman–Crippen LogP) is 2.22. The van der Waals surface area contributed by atoms with E-state index in [0.717, 1.165) is 4.90 Å². The summed E-state index contributed by atoms with van der Waals surface area (Å²) in [6.07, 6.45) is 1.94. The Balaban J connectivity index is 1.71. The number of rotatable bonds is 4. The van der Waals surface area contributed by atoms with Gasteiger partial charge in [-0.15, -0.1) is 0 Å². The molecule has 0 aliphatic carbocycles. The summed E-state index contributed by atoms with van der Waals surface area (Å²) in [5, 5.41) is 0. The van der Waals surface area contributed by atoms with Crippen molar-refractivity contribution in [3.05, 3.63) is 59.7 Å². The minimum absolute atomic E-state index is 0.00676. The fraction of sp³-hybridized carbons (Fsp3) is 0.286. The fourth-order valence-electron chi connectivity index (χ4n) is 3.68. The van der Waals surface area contributed by atoms with Crippen LogP contribution < -0.4 is 9.64 Å². The first kappa shape index (κ1) is 19.3. The summed E-state index contributed by atoms with van der Waals surface area (Å²) in [5.41, 5.74) is 1.45. The Morgan fingerprint density at radius 2 is 1.83 bits per heavy atom. The summed E-state index contributed by atoms with van der Waals surface area (Å²) in [6, 6.07) is 13.2. The highest BCUT2D eigenvalue weighted by molar-refractivity contribution is 7.91. The third-order valence-electron chi connectivity index (χ3n) is 5.20. The van der Waals surface area contributed by atoms with Gasteiger partial charge in [-0.25, -0.2) is 13.3 Å². The first-order valence-corrected chi connectivity index (χ1v) is 11.1. The highest BCUT2D eigenvalue weighted by atomic mass is 32.2. The molecule has 2 aromatic carbocycles. The minimum Gasteiger partial charge on any atom is -0.497 e. The minimum atomic E-state index is -3.07. The number of nitrogens with zero attached hydrogens (tertiary/aromatic N) is 2. The molecular weight excluding hydrogens is 392 g/mol. The smallest absolute Gasteiger partial charge is 0.265 e. The van der Waals surface area contributed by atoms with Crippen molar-refractivity contribution in [1.29, 1.82) is 0 Å². The van der Waals surface area contributed by atoms with Crippen LogP contribution in [-0.2, 0) is 14.6 Å². The quantitative estimate of drug-likeness (QED) is 0.567. The third kappa shape index (κ3) is 3.67. The zero-order valence-electron chi connectivity index (χ0n) is 15.8. The number of aliphatic imine (C=N–C) groups is 1. The van der Waals surface area contributed by atoms with Crippen LogP contribution >= 0.6 is 0 Å². The van der Waals surface area contributed by atoms with E-state index in [4.69, 9.17) is 4.74 Å². The molecule has 4 rings (SSSR count). The lowest BCUT2D eigenvalue weighted by atomic mass is 9.88. The van der Waals surface area contributed by atoms with Crippen LogP contribution in [-0.4, -0.2) is 51.1 Å². The first-order valence-electron chi connectivity index (χ1n) is 9.24. The third-order valence-corrected chi connectivity index (χ3v) is 6.95. The van der Waals surface area contributed by atoms with Gasteiger partial charge in [0.2, 0.25) is 5.91 Å². The average Bonchev–Trinajstić information content (AvgIpc) is 3.07. The summed E-state index contributed by atoms with van der Waals surface area (Å²) in [4.78, 5) is 31.8. The van der Waals surface area contributed by atoms with Gasteiger partial charge in [-0.05, 0) is 42.3 Å². The van der Waals surface area contributed by atoms with Gasteiger partial charge in [0, 0.05) is 11.8 Å². The van der Waals surface area contributed by atoms with Crippen molar-refractivity contribution in [2.24, 2.45) is 4.99 Å². The highest BCUT2D eigenvalue weighted by Crippen LogP contribution is 2.33. The van der Waals surface area contributed by atoms with Gasteiger partial charge in [0.25, 0.3) is 5.91 Å². The van der Waals surface area contributed by atoms with Gasteiger partial charge in [0.05, 0.1) is 36.3 Å². The standard InChI is InChI=1S/C21H20N2O5S/c1-28-16-8-6-15(7-9-16)23-20(24)18-5-3-2-4-17(18)19(21(23)25)12-22-14-10-11-29(26,27)13-14/h2-9,12,14,19H,10-11,13H2,1H3/t14-,19+/m0/s1. The molecule has 0 aromatic heterocycles. The monoisotopic (exact) mass is 412 g/mol. The van der Waals surface area contributed by atoms with E-state index in [0.29, 0.717) is 29.0 Å². The normalized spacial score (nSPS) is 23.4. The van der Waals surface area contributed by atoms with Crippen molar-refractivity contribution in [3.8, 4) is 5.75 Å². The van der Waals surface area contributed by atoms with E-state index in [2.05, 4.69) is 4.99 Å². The maximum absolute atomic E-state index is 13.3. The number of ether oxygens (including phenoxy) is 1. The molecule has 0 unspecified atom stereocenters. The number of amides is 2. The molecule has 0 radical (unpaired) electrons. The van der Waals surface area contributed by atoms with Crippen LogP contribution in [0.15, 0.2) is 53.5 Å². The molecule has 2 atom stereocenters. The lowest BCUT2D eigenvalue weighted by Gasteiger charge is -2.31. The molecule has 29 heavy (non-hydrogen) atoms. The van der Waals surface area contributed by atoms with E-state index in [1.807, 2.05) is 0 Å². The number of benzene rings is 2.